The van der Waals surface area contributed by atoms with Gasteiger partial charge in [-0.25, -0.2) is 9.97 Å². The lowest BCUT2D eigenvalue weighted by molar-refractivity contribution is 0.341. The van der Waals surface area contributed by atoms with Crippen LogP contribution in [0.3, 0.4) is 0 Å². The van der Waals surface area contributed by atoms with Gasteiger partial charge >= 0.3 is 0 Å². The zero-order valence-corrected chi connectivity index (χ0v) is 15.7. The molecule has 3 heterocycles. The highest BCUT2D eigenvalue weighted by molar-refractivity contribution is 6.06. The lowest BCUT2D eigenvalue weighted by atomic mass is 9.96. The Kier molecular flexibility index (Phi) is 5.07. The van der Waals surface area contributed by atoms with Crippen LogP contribution in [0.25, 0.3) is 21.9 Å². The number of imidazole rings is 1. The van der Waals surface area contributed by atoms with E-state index < -0.39 is 0 Å². The van der Waals surface area contributed by atoms with E-state index >= 15 is 0 Å². The Hall–Kier alpha value is -2.14. The van der Waals surface area contributed by atoms with Gasteiger partial charge in [-0.2, -0.15) is 0 Å². The van der Waals surface area contributed by atoms with E-state index in [1.165, 1.54) is 37.7 Å². The summed E-state index contributed by atoms with van der Waals surface area (Å²) in [5, 5.41) is 4.70. The summed E-state index contributed by atoms with van der Waals surface area (Å²) in [6.45, 7) is 5.54. The van der Waals surface area contributed by atoms with Gasteiger partial charge < -0.3 is 15.6 Å². The van der Waals surface area contributed by atoms with Crippen LogP contribution in [-0.2, 0) is 13.0 Å². The molecule has 0 aliphatic carbocycles. The lowest BCUT2D eigenvalue weighted by Gasteiger charge is -2.23. The number of benzene rings is 1. The number of unbranched alkanes of at least 4 members (excludes halogenated alkanes) is 1. The first-order chi connectivity index (χ1) is 12.8. The normalized spacial score (nSPS) is 18.0. The average Bonchev–Trinajstić information content (AvgIpc) is 3.05. The number of nitrogens with two attached hydrogens (primary N) is 1. The van der Waals surface area contributed by atoms with Crippen molar-refractivity contribution in [3.05, 3.63) is 30.1 Å². The van der Waals surface area contributed by atoms with Gasteiger partial charge in [-0.3, -0.25) is 0 Å². The molecule has 1 aromatic carbocycles. The van der Waals surface area contributed by atoms with Crippen LogP contribution in [0.5, 0.6) is 0 Å². The molecule has 0 radical (unpaired) electrons. The Bertz CT molecular complexity index is 892. The minimum absolute atomic E-state index is 0.550. The van der Waals surface area contributed by atoms with Crippen LogP contribution in [0.4, 0.5) is 5.82 Å². The molecule has 1 unspecified atom stereocenters. The fourth-order valence-electron chi connectivity index (χ4n) is 4.15. The van der Waals surface area contributed by atoms with Gasteiger partial charge in [-0.05, 0) is 50.8 Å². The second kappa shape index (κ2) is 7.62. The highest BCUT2D eigenvalue weighted by atomic mass is 15.1. The third-order valence-corrected chi connectivity index (χ3v) is 5.60. The molecule has 3 N–H and O–H groups in total. The topological polar surface area (TPSA) is 68.8 Å². The van der Waals surface area contributed by atoms with Gasteiger partial charge in [0.05, 0.1) is 11.0 Å². The van der Waals surface area contributed by atoms with E-state index in [0.29, 0.717) is 5.82 Å². The molecule has 0 bridgehead atoms. The number of fused-ring (bicyclic) bond motifs is 3. The predicted molar refractivity (Wildman–Crippen MR) is 108 cm³/mol. The van der Waals surface area contributed by atoms with Gasteiger partial charge in [0, 0.05) is 18.4 Å². The highest BCUT2D eigenvalue weighted by Crippen LogP contribution is 2.30. The van der Waals surface area contributed by atoms with E-state index in [-0.39, 0.29) is 0 Å². The molecule has 1 saturated heterocycles. The number of nitrogens with one attached hydrogen (secondary N) is 1. The summed E-state index contributed by atoms with van der Waals surface area (Å²) >= 11 is 0. The molecule has 1 fully saturated rings. The summed E-state index contributed by atoms with van der Waals surface area (Å²) in [4.78, 5) is 9.50. The van der Waals surface area contributed by atoms with Crippen molar-refractivity contribution in [1.82, 2.24) is 19.9 Å². The number of piperidine rings is 1. The third-order valence-electron chi connectivity index (χ3n) is 5.60. The third kappa shape index (κ3) is 3.28. The zero-order valence-electron chi connectivity index (χ0n) is 15.7. The Morgan fingerprint density at radius 2 is 2.15 bits per heavy atom. The number of hydrogen-bond donors (Lipinski definition) is 2. The van der Waals surface area contributed by atoms with Crippen molar-refractivity contribution < 1.29 is 0 Å². The van der Waals surface area contributed by atoms with Gasteiger partial charge in [0.1, 0.15) is 11.3 Å². The van der Waals surface area contributed by atoms with Gasteiger partial charge in [-0.15, -0.1) is 0 Å². The van der Waals surface area contributed by atoms with E-state index in [2.05, 4.69) is 33.9 Å². The predicted octanol–water partition coefficient (Wildman–Crippen LogP) is 3.90. The summed E-state index contributed by atoms with van der Waals surface area (Å²) in [5.41, 5.74) is 9.27. The van der Waals surface area contributed by atoms with Crippen molar-refractivity contribution in [2.24, 2.45) is 5.92 Å². The van der Waals surface area contributed by atoms with Crippen LogP contribution < -0.4 is 11.1 Å². The first-order valence-electron chi connectivity index (χ1n) is 10.0. The first kappa shape index (κ1) is 17.3. The fourth-order valence-corrected chi connectivity index (χ4v) is 4.15. The number of para-hydroxylation sites is 1. The Labute approximate surface area is 155 Å². The van der Waals surface area contributed by atoms with E-state index in [1.54, 1.807) is 0 Å². The van der Waals surface area contributed by atoms with E-state index in [4.69, 9.17) is 10.7 Å². The fraction of sp³-hybridized carbons (Fsp3) is 0.524. The largest absolute Gasteiger partial charge is 0.382 e. The van der Waals surface area contributed by atoms with E-state index in [9.17, 15) is 0 Å². The van der Waals surface area contributed by atoms with Crippen LogP contribution >= 0.6 is 0 Å². The maximum Gasteiger partial charge on any atom is 0.152 e. The highest BCUT2D eigenvalue weighted by Gasteiger charge is 2.19. The van der Waals surface area contributed by atoms with Gasteiger partial charge in [0.2, 0.25) is 0 Å². The van der Waals surface area contributed by atoms with E-state index in [0.717, 1.165) is 54.1 Å². The standard InChI is InChI=1S/C21H29N5/c1-2-3-10-18-25-19-20(16-8-4-5-9-17(16)24-21(19)22)26(18)13-11-15-7-6-12-23-14-15/h4-5,8-9,15,23H,2-3,6-7,10-14H2,1H3,(H2,22,24). The average molecular weight is 351 g/mol. The molecule has 3 aromatic rings. The second-order valence-electron chi connectivity index (χ2n) is 7.50. The molecule has 1 atom stereocenters. The molecule has 4 rings (SSSR count). The Morgan fingerprint density at radius 1 is 1.27 bits per heavy atom. The van der Waals surface area contributed by atoms with Crippen molar-refractivity contribution in [1.29, 1.82) is 0 Å². The number of anilines is 1. The molecular formula is C21H29N5. The molecule has 2 aromatic heterocycles. The van der Waals surface area contributed by atoms with Crippen LogP contribution in [0.1, 0.15) is 44.9 Å². The smallest absolute Gasteiger partial charge is 0.152 e. The molecule has 138 valence electrons. The van der Waals surface area contributed by atoms with E-state index in [1.807, 2.05) is 12.1 Å². The minimum Gasteiger partial charge on any atom is -0.382 e. The molecule has 26 heavy (non-hydrogen) atoms. The monoisotopic (exact) mass is 351 g/mol. The number of aromatic nitrogens is 3. The number of nitrogen functional groups attached to an aromatic ring is 1. The summed E-state index contributed by atoms with van der Waals surface area (Å²) < 4.78 is 2.43. The van der Waals surface area contributed by atoms with Crippen molar-refractivity contribution in [3.63, 3.8) is 0 Å². The molecule has 0 amide bonds. The van der Waals surface area contributed by atoms with Crippen molar-refractivity contribution in [2.75, 3.05) is 18.8 Å². The SMILES string of the molecule is CCCCc1nc2c(N)nc3ccccc3c2n1CCC1CCCNC1. The van der Waals surface area contributed by atoms with Gasteiger partial charge in [0.15, 0.2) is 5.82 Å². The molecule has 1 aliphatic heterocycles. The van der Waals surface area contributed by atoms with Crippen molar-refractivity contribution in [2.45, 2.75) is 52.0 Å². The lowest BCUT2D eigenvalue weighted by Crippen LogP contribution is -2.30. The van der Waals surface area contributed by atoms with Crippen LogP contribution in [0.15, 0.2) is 24.3 Å². The maximum atomic E-state index is 6.28. The Balaban J connectivity index is 1.78. The number of pyridine rings is 1. The van der Waals surface area contributed by atoms with Gasteiger partial charge in [-0.1, -0.05) is 31.5 Å². The number of nitrogens with zero attached hydrogens (tertiary/aromatic N) is 3. The number of rotatable bonds is 6. The second-order valence-corrected chi connectivity index (χ2v) is 7.50. The Morgan fingerprint density at radius 3 is 2.96 bits per heavy atom. The summed E-state index contributed by atoms with van der Waals surface area (Å²) in [6, 6.07) is 8.29. The van der Waals surface area contributed by atoms with Crippen molar-refractivity contribution in [3.8, 4) is 0 Å². The zero-order chi connectivity index (χ0) is 17.9. The quantitative estimate of drug-likeness (QED) is 0.707. The summed E-state index contributed by atoms with van der Waals surface area (Å²) in [5.74, 6) is 2.47. The molecule has 5 heteroatoms. The molecule has 0 spiro atoms. The molecule has 5 nitrogen and oxygen atoms in total. The molecule has 1 aliphatic rings. The van der Waals surface area contributed by atoms with Crippen LogP contribution in [0.2, 0.25) is 0 Å². The summed E-state index contributed by atoms with van der Waals surface area (Å²) in [6.07, 6.45) is 7.13. The summed E-state index contributed by atoms with van der Waals surface area (Å²) in [7, 11) is 0. The molecular weight excluding hydrogens is 322 g/mol. The first-order valence-corrected chi connectivity index (χ1v) is 10.0. The maximum absolute atomic E-state index is 6.28. The van der Waals surface area contributed by atoms with Gasteiger partial charge in [0.25, 0.3) is 0 Å². The minimum atomic E-state index is 0.550. The molecule has 0 saturated carbocycles. The van der Waals surface area contributed by atoms with Crippen LogP contribution in [-0.4, -0.2) is 27.6 Å². The number of hydrogen-bond acceptors (Lipinski definition) is 4. The van der Waals surface area contributed by atoms with Crippen molar-refractivity contribution >= 4 is 27.8 Å². The number of aryl methyl sites for hydroxylation is 2. The van der Waals surface area contributed by atoms with Crippen LogP contribution in [0, 0.1) is 5.92 Å².